The summed E-state index contributed by atoms with van der Waals surface area (Å²) in [6, 6.07) is 0. The van der Waals surface area contributed by atoms with Gasteiger partial charge in [0, 0.05) is 19.3 Å². The molecule has 0 saturated carbocycles. The summed E-state index contributed by atoms with van der Waals surface area (Å²) in [5.74, 6) is -0.948. The van der Waals surface area contributed by atoms with Crippen LogP contribution < -0.4 is 0 Å². The van der Waals surface area contributed by atoms with E-state index >= 15 is 0 Å². The lowest BCUT2D eigenvalue weighted by Gasteiger charge is -2.18. The van der Waals surface area contributed by atoms with E-state index in [1.807, 2.05) is 0 Å². The SMILES string of the molecule is CCCCC/C=C\C/C=C\C/C=C\C/C=C\CCCCCC(=O)OC[C@@H](COC(=O)CCCCCCCCCCCCC)OC(=O)CCCCCC/C=C\C/C=C\C/C=C\CCCCC. The summed E-state index contributed by atoms with van der Waals surface area (Å²) in [6.07, 6.45) is 68.5. The Hall–Kier alpha value is -3.41. The summed E-state index contributed by atoms with van der Waals surface area (Å²) in [5, 5.41) is 0. The van der Waals surface area contributed by atoms with E-state index in [9.17, 15) is 14.4 Å². The average Bonchev–Trinajstić information content (AvgIpc) is 3.30. The Morgan fingerprint density at radius 2 is 0.554 bits per heavy atom. The van der Waals surface area contributed by atoms with Gasteiger partial charge in [-0.05, 0) is 103 Å². The van der Waals surface area contributed by atoms with E-state index in [2.05, 4.69) is 106 Å². The molecule has 0 unspecified atom stereocenters. The van der Waals surface area contributed by atoms with Crippen molar-refractivity contribution in [3.63, 3.8) is 0 Å². The first-order valence-corrected chi connectivity index (χ1v) is 27.1. The third-order valence-corrected chi connectivity index (χ3v) is 11.4. The molecule has 6 heteroatoms. The fourth-order valence-corrected chi connectivity index (χ4v) is 7.25. The zero-order chi connectivity index (χ0) is 47.2. The molecule has 372 valence electrons. The molecule has 0 aliphatic heterocycles. The van der Waals surface area contributed by atoms with Crippen molar-refractivity contribution in [3.8, 4) is 0 Å². The minimum absolute atomic E-state index is 0.0950. The molecular formula is C59H100O6. The zero-order valence-corrected chi connectivity index (χ0v) is 42.5. The maximum absolute atomic E-state index is 12.8. The second-order valence-corrected chi connectivity index (χ2v) is 17.8. The van der Waals surface area contributed by atoms with Crippen molar-refractivity contribution in [3.05, 3.63) is 85.1 Å². The van der Waals surface area contributed by atoms with Crippen LogP contribution in [0.1, 0.15) is 252 Å². The fourth-order valence-electron chi connectivity index (χ4n) is 7.25. The molecule has 0 rings (SSSR count). The summed E-state index contributed by atoms with van der Waals surface area (Å²) in [5.41, 5.74) is 0. The Balaban J connectivity index is 4.46. The van der Waals surface area contributed by atoms with Crippen LogP contribution in [0.25, 0.3) is 0 Å². The van der Waals surface area contributed by atoms with Crippen LogP contribution in [0.3, 0.4) is 0 Å². The van der Waals surface area contributed by atoms with Gasteiger partial charge in [-0.25, -0.2) is 0 Å². The van der Waals surface area contributed by atoms with Crippen molar-refractivity contribution in [2.45, 2.75) is 258 Å². The summed E-state index contributed by atoms with van der Waals surface area (Å²) < 4.78 is 16.8. The molecule has 0 radical (unpaired) electrons. The van der Waals surface area contributed by atoms with Crippen molar-refractivity contribution >= 4 is 17.9 Å². The minimum atomic E-state index is -0.800. The number of rotatable bonds is 48. The second kappa shape index (κ2) is 53.2. The molecule has 0 aliphatic rings. The first-order valence-electron chi connectivity index (χ1n) is 27.1. The predicted molar refractivity (Wildman–Crippen MR) is 279 cm³/mol. The van der Waals surface area contributed by atoms with E-state index in [4.69, 9.17) is 14.2 Å². The smallest absolute Gasteiger partial charge is 0.306 e. The molecule has 6 nitrogen and oxygen atoms in total. The number of carbonyl (C=O) groups excluding carboxylic acids is 3. The largest absolute Gasteiger partial charge is 0.462 e. The topological polar surface area (TPSA) is 78.9 Å². The average molecular weight is 905 g/mol. The van der Waals surface area contributed by atoms with E-state index in [-0.39, 0.29) is 31.1 Å². The van der Waals surface area contributed by atoms with Gasteiger partial charge < -0.3 is 14.2 Å². The standard InChI is InChI=1S/C59H100O6/c1-4-7-10-13-16-19-22-24-26-28-29-31-32-34-37-40-43-46-49-52-58(61)64-55-56(54-63-57(60)51-48-45-42-39-36-21-18-15-12-9-6-3)65-59(62)53-50-47-44-41-38-35-33-30-27-25-23-20-17-14-11-8-5-2/h16-17,19-20,24-27,29,31,33-35,37,56H,4-15,18,21-23,28,30,32,36,38-55H2,1-3H3/b19-16-,20-17-,26-24-,27-25-,31-29-,35-33-,37-34-/t56-/m1/s1. The molecule has 0 spiro atoms. The summed E-state index contributed by atoms with van der Waals surface area (Å²) in [6.45, 7) is 6.53. The molecule has 0 amide bonds. The number of unbranched alkanes of at least 4 members (excludes halogenated alkanes) is 23. The molecule has 0 aromatic heterocycles. The predicted octanol–water partition coefficient (Wildman–Crippen LogP) is 18.0. The van der Waals surface area contributed by atoms with Gasteiger partial charge in [0.1, 0.15) is 13.2 Å². The molecule has 0 heterocycles. The maximum Gasteiger partial charge on any atom is 0.306 e. The number of ether oxygens (including phenoxy) is 3. The highest BCUT2D eigenvalue weighted by Gasteiger charge is 2.19. The Morgan fingerprint density at radius 1 is 0.308 bits per heavy atom. The first-order chi connectivity index (χ1) is 32.0. The summed E-state index contributed by atoms with van der Waals surface area (Å²) in [4.78, 5) is 38.0. The van der Waals surface area contributed by atoms with Crippen LogP contribution in [0.15, 0.2) is 85.1 Å². The lowest BCUT2D eigenvalue weighted by atomic mass is 10.1. The van der Waals surface area contributed by atoms with Gasteiger partial charge in [-0.1, -0.05) is 215 Å². The fraction of sp³-hybridized carbons (Fsp3) is 0.712. The highest BCUT2D eigenvalue weighted by atomic mass is 16.6. The number of hydrogen-bond acceptors (Lipinski definition) is 6. The molecule has 0 bridgehead atoms. The lowest BCUT2D eigenvalue weighted by Crippen LogP contribution is -2.30. The number of esters is 3. The van der Waals surface area contributed by atoms with Crippen molar-refractivity contribution in [2.24, 2.45) is 0 Å². The van der Waals surface area contributed by atoms with Gasteiger partial charge in [0.05, 0.1) is 0 Å². The third kappa shape index (κ3) is 51.4. The third-order valence-electron chi connectivity index (χ3n) is 11.4. The van der Waals surface area contributed by atoms with Crippen molar-refractivity contribution in [1.82, 2.24) is 0 Å². The minimum Gasteiger partial charge on any atom is -0.462 e. The van der Waals surface area contributed by atoms with E-state index in [1.54, 1.807) is 0 Å². The van der Waals surface area contributed by atoms with Crippen LogP contribution in [0.2, 0.25) is 0 Å². The number of carbonyl (C=O) groups is 3. The van der Waals surface area contributed by atoms with Crippen molar-refractivity contribution in [1.29, 1.82) is 0 Å². The van der Waals surface area contributed by atoms with E-state index < -0.39 is 6.10 Å². The van der Waals surface area contributed by atoms with Gasteiger partial charge in [-0.3, -0.25) is 14.4 Å². The molecule has 1 atom stereocenters. The van der Waals surface area contributed by atoms with E-state index in [1.165, 1.54) is 103 Å². The Labute approximate surface area is 401 Å². The Kier molecular flexibility index (Phi) is 50.4. The highest BCUT2D eigenvalue weighted by Crippen LogP contribution is 2.14. The zero-order valence-electron chi connectivity index (χ0n) is 42.5. The van der Waals surface area contributed by atoms with Crippen molar-refractivity contribution < 1.29 is 28.6 Å². The molecule has 0 saturated heterocycles. The number of allylic oxidation sites excluding steroid dienone is 14. The van der Waals surface area contributed by atoms with Crippen LogP contribution in [0.4, 0.5) is 0 Å². The van der Waals surface area contributed by atoms with Crippen LogP contribution >= 0.6 is 0 Å². The Morgan fingerprint density at radius 3 is 0.908 bits per heavy atom. The molecular weight excluding hydrogens is 805 g/mol. The lowest BCUT2D eigenvalue weighted by molar-refractivity contribution is -0.167. The van der Waals surface area contributed by atoms with Crippen LogP contribution in [-0.2, 0) is 28.6 Å². The van der Waals surface area contributed by atoms with Gasteiger partial charge in [0.25, 0.3) is 0 Å². The molecule has 0 N–H and O–H groups in total. The van der Waals surface area contributed by atoms with Gasteiger partial charge in [-0.15, -0.1) is 0 Å². The maximum atomic E-state index is 12.8. The van der Waals surface area contributed by atoms with E-state index in [0.717, 1.165) is 109 Å². The first kappa shape index (κ1) is 61.6. The Bertz CT molecular complexity index is 1270. The van der Waals surface area contributed by atoms with Gasteiger partial charge in [0.2, 0.25) is 0 Å². The second-order valence-electron chi connectivity index (χ2n) is 17.8. The van der Waals surface area contributed by atoms with Gasteiger partial charge in [-0.2, -0.15) is 0 Å². The molecule has 65 heavy (non-hydrogen) atoms. The van der Waals surface area contributed by atoms with Gasteiger partial charge in [0.15, 0.2) is 6.10 Å². The molecule has 0 fully saturated rings. The quantitative estimate of drug-likeness (QED) is 0.0262. The normalized spacial score (nSPS) is 12.7. The van der Waals surface area contributed by atoms with Crippen molar-refractivity contribution in [2.75, 3.05) is 13.2 Å². The highest BCUT2D eigenvalue weighted by molar-refractivity contribution is 5.71. The molecule has 0 aromatic carbocycles. The van der Waals surface area contributed by atoms with Crippen LogP contribution in [-0.4, -0.2) is 37.2 Å². The van der Waals surface area contributed by atoms with Crippen LogP contribution in [0.5, 0.6) is 0 Å². The van der Waals surface area contributed by atoms with Gasteiger partial charge >= 0.3 is 17.9 Å². The molecule has 0 aromatic rings. The van der Waals surface area contributed by atoms with Crippen LogP contribution in [0, 0.1) is 0 Å². The summed E-state index contributed by atoms with van der Waals surface area (Å²) in [7, 11) is 0. The molecule has 0 aliphatic carbocycles. The number of hydrogen-bond donors (Lipinski definition) is 0. The monoisotopic (exact) mass is 905 g/mol. The summed E-state index contributed by atoms with van der Waals surface area (Å²) >= 11 is 0. The van der Waals surface area contributed by atoms with E-state index in [0.29, 0.717) is 19.3 Å².